The molecule has 2 nitrogen and oxygen atoms in total. The average molecular weight is 230 g/mol. The maximum absolute atomic E-state index is 11.4. The molecule has 1 aromatic rings. The molecule has 2 heteroatoms. The van der Waals surface area contributed by atoms with Crippen LogP contribution < -0.4 is 0 Å². The number of esters is 1. The summed E-state index contributed by atoms with van der Waals surface area (Å²) in [6, 6.07) is 10.0. The molecule has 90 valence electrons. The highest BCUT2D eigenvalue weighted by atomic mass is 16.5. The fourth-order valence-corrected chi connectivity index (χ4v) is 1.69. The van der Waals surface area contributed by atoms with Crippen LogP contribution in [0.5, 0.6) is 0 Å². The van der Waals surface area contributed by atoms with E-state index in [0.29, 0.717) is 6.42 Å². The fraction of sp³-hybridized carbons (Fsp3) is 0.267. The Morgan fingerprint density at radius 2 is 2.12 bits per heavy atom. The second-order valence-electron chi connectivity index (χ2n) is 3.79. The van der Waals surface area contributed by atoms with Crippen LogP contribution >= 0.6 is 0 Å². The molecule has 0 saturated heterocycles. The number of allylic oxidation sites excluding steroid dienone is 3. The summed E-state index contributed by atoms with van der Waals surface area (Å²) in [5.74, 6) is -0.00861. The molecule has 1 unspecified atom stereocenters. The Bertz CT molecular complexity index is 379. The summed E-state index contributed by atoms with van der Waals surface area (Å²) < 4.78 is 4.73. The lowest BCUT2D eigenvalue weighted by Gasteiger charge is -2.14. The third-order valence-electron chi connectivity index (χ3n) is 2.60. The topological polar surface area (TPSA) is 26.3 Å². The van der Waals surface area contributed by atoms with Gasteiger partial charge in [-0.25, -0.2) is 0 Å². The quantitative estimate of drug-likeness (QED) is 0.552. The Morgan fingerprint density at radius 1 is 1.41 bits per heavy atom. The lowest BCUT2D eigenvalue weighted by atomic mass is 9.92. The van der Waals surface area contributed by atoms with Crippen LogP contribution in [0.3, 0.4) is 0 Å². The van der Waals surface area contributed by atoms with Crippen molar-refractivity contribution < 1.29 is 9.53 Å². The number of ether oxygens (including phenoxy) is 1. The average Bonchev–Trinajstić information content (AvgIpc) is 2.38. The van der Waals surface area contributed by atoms with E-state index in [-0.39, 0.29) is 11.9 Å². The third-order valence-corrected chi connectivity index (χ3v) is 2.60. The van der Waals surface area contributed by atoms with Gasteiger partial charge in [-0.1, -0.05) is 55.1 Å². The van der Waals surface area contributed by atoms with Gasteiger partial charge in [0, 0.05) is 0 Å². The van der Waals surface area contributed by atoms with E-state index in [1.165, 1.54) is 7.11 Å². The van der Waals surface area contributed by atoms with Gasteiger partial charge in [0.2, 0.25) is 0 Å². The van der Waals surface area contributed by atoms with Crippen LogP contribution in [-0.2, 0) is 9.53 Å². The first-order valence-corrected chi connectivity index (χ1v) is 5.67. The molecule has 0 N–H and O–H groups in total. The first kappa shape index (κ1) is 13.2. The fourth-order valence-electron chi connectivity index (χ4n) is 1.69. The molecule has 0 spiro atoms. The van der Waals surface area contributed by atoms with Gasteiger partial charge in [-0.05, 0) is 17.9 Å². The summed E-state index contributed by atoms with van der Waals surface area (Å²) in [6.45, 7) is 3.63. The van der Waals surface area contributed by atoms with Crippen molar-refractivity contribution >= 4 is 5.97 Å². The molecule has 0 aliphatic heterocycles. The van der Waals surface area contributed by atoms with Gasteiger partial charge in [0.05, 0.1) is 13.5 Å². The second kappa shape index (κ2) is 7.44. The van der Waals surface area contributed by atoms with E-state index < -0.39 is 0 Å². The Balaban J connectivity index is 2.75. The second-order valence-corrected chi connectivity index (χ2v) is 3.79. The molecule has 1 aromatic carbocycles. The zero-order chi connectivity index (χ0) is 12.5. The van der Waals surface area contributed by atoms with Crippen molar-refractivity contribution in [2.45, 2.75) is 18.8 Å². The van der Waals surface area contributed by atoms with E-state index in [4.69, 9.17) is 4.74 Å². The van der Waals surface area contributed by atoms with Gasteiger partial charge in [0.15, 0.2) is 0 Å². The van der Waals surface area contributed by atoms with Crippen LogP contribution in [0.15, 0.2) is 55.1 Å². The maximum Gasteiger partial charge on any atom is 0.306 e. The number of hydrogen-bond donors (Lipinski definition) is 0. The zero-order valence-electron chi connectivity index (χ0n) is 10.1. The summed E-state index contributed by atoms with van der Waals surface area (Å²) in [4.78, 5) is 11.4. The van der Waals surface area contributed by atoms with E-state index in [1.54, 1.807) is 6.08 Å². The first-order chi connectivity index (χ1) is 8.27. The Labute approximate surface area is 103 Å². The van der Waals surface area contributed by atoms with Crippen molar-refractivity contribution in [2.24, 2.45) is 0 Å². The molecule has 0 fully saturated rings. The first-order valence-electron chi connectivity index (χ1n) is 5.67. The van der Waals surface area contributed by atoms with Gasteiger partial charge in [-0.15, -0.1) is 0 Å². The highest BCUT2D eigenvalue weighted by Crippen LogP contribution is 2.24. The van der Waals surface area contributed by atoms with Gasteiger partial charge in [0.1, 0.15) is 0 Å². The molecular weight excluding hydrogens is 212 g/mol. The summed E-state index contributed by atoms with van der Waals surface area (Å²) in [7, 11) is 1.42. The number of hydrogen-bond acceptors (Lipinski definition) is 2. The van der Waals surface area contributed by atoms with Gasteiger partial charge in [-0.2, -0.15) is 0 Å². The van der Waals surface area contributed by atoms with Gasteiger partial charge in [0.25, 0.3) is 0 Å². The molecule has 0 saturated carbocycles. The standard InChI is InChI=1S/C15H18O2/c1-3-4-6-11-14(12-15(16)17-2)13-9-7-5-8-10-13/h3-10,14H,1,11-12H2,2H3/b6-4-. The molecule has 0 amide bonds. The Hall–Kier alpha value is -1.83. The SMILES string of the molecule is C=C/C=C\CC(CC(=O)OC)c1ccccc1. The van der Waals surface area contributed by atoms with Crippen LogP contribution in [0.25, 0.3) is 0 Å². The Kier molecular flexibility index (Phi) is 5.80. The molecule has 1 atom stereocenters. The number of methoxy groups -OCH3 is 1. The predicted octanol–water partition coefficient (Wildman–Crippen LogP) is 3.47. The molecule has 0 radical (unpaired) electrons. The van der Waals surface area contributed by atoms with Crippen molar-refractivity contribution in [1.82, 2.24) is 0 Å². The Morgan fingerprint density at radius 3 is 2.71 bits per heavy atom. The van der Waals surface area contributed by atoms with Crippen molar-refractivity contribution in [1.29, 1.82) is 0 Å². The highest BCUT2D eigenvalue weighted by Gasteiger charge is 2.14. The number of carbonyl (C=O) groups excluding carboxylic acids is 1. The molecule has 0 heterocycles. The van der Waals surface area contributed by atoms with Crippen molar-refractivity contribution in [3.8, 4) is 0 Å². The minimum absolute atomic E-state index is 0.167. The summed E-state index contributed by atoms with van der Waals surface area (Å²) >= 11 is 0. The smallest absolute Gasteiger partial charge is 0.306 e. The minimum Gasteiger partial charge on any atom is -0.469 e. The molecule has 0 aliphatic carbocycles. The molecule has 17 heavy (non-hydrogen) atoms. The lowest BCUT2D eigenvalue weighted by Crippen LogP contribution is -2.08. The van der Waals surface area contributed by atoms with E-state index in [1.807, 2.05) is 42.5 Å². The highest BCUT2D eigenvalue weighted by molar-refractivity contribution is 5.70. The number of rotatable bonds is 6. The maximum atomic E-state index is 11.4. The van der Waals surface area contributed by atoms with E-state index >= 15 is 0 Å². The molecule has 1 rings (SSSR count). The molecular formula is C15H18O2. The number of benzene rings is 1. The van der Waals surface area contributed by atoms with Crippen LogP contribution in [0, 0.1) is 0 Å². The van der Waals surface area contributed by atoms with Crippen LogP contribution in [0.1, 0.15) is 24.3 Å². The van der Waals surface area contributed by atoms with Gasteiger partial charge >= 0.3 is 5.97 Å². The largest absolute Gasteiger partial charge is 0.469 e. The van der Waals surface area contributed by atoms with Crippen LogP contribution in [0.4, 0.5) is 0 Å². The zero-order valence-corrected chi connectivity index (χ0v) is 10.1. The van der Waals surface area contributed by atoms with Crippen molar-refractivity contribution in [2.75, 3.05) is 7.11 Å². The van der Waals surface area contributed by atoms with Gasteiger partial charge < -0.3 is 4.74 Å². The van der Waals surface area contributed by atoms with Crippen molar-refractivity contribution in [3.05, 3.63) is 60.7 Å². The van der Waals surface area contributed by atoms with E-state index in [2.05, 4.69) is 6.58 Å². The normalized spacial score (nSPS) is 12.3. The molecule has 0 aliphatic rings. The third kappa shape index (κ3) is 4.68. The van der Waals surface area contributed by atoms with Crippen LogP contribution in [-0.4, -0.2) is 13.1 Å². The van der Waals surface area contributed by atoms with E-state index in [0.717, 1.165) is 12.0 Å². The molecule has 0 bridgehead atoms. The van der Waals surface area contributed by atoms with Gasteiger partial charge in [-0.3, -0.25) is 4.79 Å². The summed E-state index contributed by atoms with van der Waals surface area (Å²) in [6.07, 6.45) is 6.87. The van der Waals surface area contributed by atoms with E-state index in [9.17, 15) is 4.79 Å². The lowest BCUT2D eigenvalue weighted by molar-refractivity contribution is -0.141. The molecule has 0 aromatic heterocycles. The van der Waals surface area contributed by atoms with Crippen molar-refractivity contribution in [3.63, 3.8) is 0 Å². The number of carbonyl (C=O) groups is 1. The van der Waals surface area contributed by atoms with Crippen LogP contribution in [0.2, 0.25) is 0 Å². The summed E-state index contributed by atoms with van der Waals surface area (Å²) in [5, 5.41) is 0. The predicted molar refractivity (Wildman–Crippen MR) is 69.8 cm³/mol. The summed E-state index contributed by atoms with van der Waals surface area (Å²) in [5.41, 5.74) is 1.16. The minimum atomic E-state index is -0.175. The monoisotopic (exact) mass is 230 g/mol.